The topological polar surface area (TPSA) is 87.2 Å². The van der Waals surface area contributed by atoms with Crippen molar-refractivity contribution >= 4 is 16.0 Å². The molecule has 12 heteroatoms. The highest BCUT2D eigenvalue weighted by atomic mass is 32.2. The zero-order chi connectivity index (χ0) is 22.6. The summed E-state index contributed by atoms with van der Waals surface area (Å²) in [6.07, 6.45) is -2.27. The van der Waals surface area contributed by atoms with Crippen molar-refractivity contribution in [3.05, 3.63) is 35.6 Å². The first kappa shape index (κ1) is 24.5. The summed E-state index contributed by atoms with van der Waals surface area (Å²) in [5.74, 6) is -2.98. The summed E-state index contributed by atoms with van der Waals surface area (Å²) in [7, 11) is -3.22. The standard InChI is InChI=1S/C16H23FN2O3S.C2HF3O2/c1-23(20,21)19-10-11-22-13-16(19)6-8-18(9-7-16)12-14-2-4-15(17)5-3-14;3-2(4,5)1(6)7/h2-5H,6-13H2,1H3;(H,6,7). The molecule has 0 unspecified atom stereocenters. The molecule has 1 spiro atoms. The lowest BCUT2D eigenvalue weighted by Gasteiger charge is -2.49. The second-order valence-electron chi connectivity index (χ2n) is 7.32. The van der Waals surface area contributed by atoms with Gasteiger partial charge in [-0.2, -0.15) is 17.5 Å². The number of sulfonamides is 1. The maximum Gasteiger partial charge on any atom is 0.490 e. The number of carboxylic acids is 1. The highest BCUT2D eigenvalue weighted by Crippen LogP contribution is 2.34. The van der Waals surface area contributed by atoms with E-state index >= 15 is 0 Å². The molecule has 1 aromatic rings. The highest BCUT2D eigenvalue weighted by molar-refractivity contribution is 7.88. The minimum Gasteiger partial charge on any atom is -0.475 e. The Bertz CT molecular complexity index is 822. The maximum atomic E-state index is 13.0. The van der Waals surface area contributed by atoms with Gasteiger partial charge in [0.05, 0.1) is 25.0 Å². The number of nitrogens with zero attached hydrogens (tertiary/aromatic N) is 2. The van der Waals surface area contributed by atoms with Crippen molar-refractivity contribution in [2.75, 3.05) is 39.1 Å². The van der Waals surface area contributed by atoms with Crippen LogP contribution in [0.25, 0.3) is 0 Å². The molecule has 0 saturated carbocycles. The molecule has 0 atom stereocenters. The lowest BCUT2D eigenvalue weighted by Crippen LogP contribution is -2.62. The number of piperidine rings is 1. The summed E-state index contributed by atoms with van der Waals surface area (Å²) in [5, 5.41) is 7.12. The summed E-state index contributed by atoms with van der Waals surface area (Å²) in [5.41, 5.74) is 0.674. The zero-order valence-corrected chi connectivity index (χ0v) is 17.2. The molecule has 2 heterocycles. The number of rotatable bonds is 3. The van der Waals surface area contributed by atoms with E-state index in [-0.39, 0.29) is 5.82 Å². The Labute approximate surface area is 172 Å². The van der Waals surface area contributed by atoms with E-state index in [2.05, 4.69) is 4.90 Å². The first-order valence-corrected chi connectivity index (χ1v) is 11.0. The molecule has 1 aromatic carbocycles. The Balaban J connectivity index is 0.000000396. The summed E-state index contributed by atoms with van der Waals surface area (Å²) in [6, 6.07) is 6.54. The van der Waals surface area contributed by atoms with E-state index in [1.165, 1.54) is 18.4 Å². The molecule has 0 radical (unpaired) electrons. The number of benzene rings is 1. The zero-order valence-electron chi connectivity index (χ0n) is 16.4. The number of carbonyl (C=O) groups is 1. The fraction of sp³-hybridized carbons (Fsp3) is 0.611. The molecule has 1 N–H and O–H groups in total. The van der Waals surface area contributed by atoms with Crippen molar-refractivity contribution in [3.8, 4) is 0 Å². The molecule has 170 valence electrons. The molecule has 2 fully saturated rings. The van der Waals surface area contributed by atoms with E-state index in [9.17, 15) is 26.0 Å². The van der Waals surface area contributed by atoms with Gasteiger partial charge in [-0.1, -0.05) is 12.1 Å². The van der Waals surface area contributed by atoms with Gasteiger partial charge in [0.1, 0.15) is 5.82 Å². The minimum atomic E-state index is -5.08. The molecule has 30 heavy (non-hydrogen) atoms. The Kier molecular flexibility index (Phi) is 7.83. The lowest BCUT2D eigenvalue weighted by molar-refractivity contribution is -0.192. The van der Waals surface area contributed by atoms with E-state index in [1.54, 1.807) is 16.4 Å². The number of hydrogen-bond acceptors (Lipinski definition) is 5. The largest absolute Gasteiger partial charge is 0.490 e. The van der Waals surface area contributed by atoms with Crippen LogP contribution in [0, 0.1) is 5.82 Å². The van der Waals surface area contributed by atoms with Crippen molar-refractivity contribution < 1.29 is 40.6 Å². The van der Waals surface area contributed by atoms with E-state index < -0.39 is 27.7 Å². The van der Waals surface area contributed by atoms with E-state index in [0.717, 1.165) is 38.0 Å². The van der Waals surface area contributed by atoms with Crippen LogP contribution in [-0.2, 0) is 26.1 Å². The lowest BCUT2D eigenvalue weighted by atomic mass is 9.87. The van der Waals surface area contributed by atoms with Crippen LogP contribution in [0.15, 0.2) is 24.3 Å². The normalized spacial score (nSPS) is 20.4. The monoisotopic (exact) mass is 456 g/mol. The van der Waals surface area contributed by atoms with Gasteiger partial charge in [-0.3, -0.25) is 4.90 Å². The van der Waals surface area contributed by atoms with Gasteiger partial charge in [0, 0.05) is 26.2 Å². The van der Waals surface area contributed by atoms with Gasteiger partial charge in [0.2, 0.25) is 10.0 Å². The molecule has 7 nitrogen and oxygen atoms in total. The van der Waals surface area contributed by atoms with Gasteiger partial charge in [-0.25, -0.2) is 17.6 Å². The fourth-order valence-corrected chi connectivity index (χ4v) is 4.95. The van der Waals surface area contributed by atoms with Crippen LogP contribution < -0.4 is 0 Å². The Morgan fingerprint density at radius 3 is 2.17 bits per heavy atom. The van der Waals surface area contributed by atoms with Crippen LogP contribution in [-0.4, -0.2) is 79.5 Å². The van der Waals surface area contributed by atoms with Crippen LogP contribution in [0.2, 0.25) is 0 Å². The van der Waals surface area contributed by atoms with Gasteiger partial charge in [-0.05, 0) is 30.5 Å². The number of carboxylic acid groups (broad SMARTS) is 1. The van der Waals surface area contributed by atoms with Gasteiger partial charge in [0.15, 0.2) is 0 Å². The van der Waals surface area contributed by atoms with Gasteiger partial charge in [-0.15, -0.1) is 0 Å². The summed E-state index contributed by atoms with van der Waals surface area (Å²) >= 11 is 0. The number of alkyl halides is 3. The Morgan fingerprint density at radius 1 is 1.17 bits per heavy atom. The molecule has 0 bridgehead atoms. The third-order valence-corrected chi connectivity index (χ3v) is 6.46. The first-order valence-electron chi connectivity index (χ1n) is 9.16. The van der Waals surface area contributed by atoms with E-state index in [4.69, 9.17) is 14.6 Å². The van der Waals surface area contributed by atoms with Crippen LogP contribution in [0.1, 0.15) is 18.4 Å². The second-order valence-corrected chi connectivity index (χ2v) is 9.22. The number of aliphatic carboxylic acids is 1. The van der Waals surface area contributed by atoms with Crippen molar-refractivity contribution in [3.63, 3.8) is 0 Å². The van der Waals surface area contributed by atoms with Crippen molar-refractivity contribution in [1.29, 1.82) is 0 Å². The first-order chi connectivity index (χ1) is 13.8. The summed E-state index contributed by atoms with van der Waals surface area (Å²) in [6.45, 7) is 3.77. The van der Waals surface area contributed by atoms with Crippen molar-refractivity contribution in [2.45, 2.75) is 31.1 Å². The molecule has 2 aliphatic rings. The second kappa shape index (κ2) is 9.58. The number of hydrogen-bond donors (Lipinski definition) is 1. The van der Waals surface area contributed by atoms with E-state index in [0.29, 0.717) is 19.8 Å². The van der Waals surface area contributed by atoms with Gasteiger partial charge >= 0.3 is 12.1 Å². The number of likely N-dealkylation sites (tertiary alicyclic amines) is 1. The van der Waals surface area contributed by atoms with Crippen molar-refractivity contribution in [1.82, 2.24) is 9.21 Å². The van der Waals surface area contributed by atoms with Crippen LogP contribution in [0.4, 0.5) is 17.6 Å². The van der Waals surface area contributed by atoms with E-state index in [1.807, 2.05) is 0 Å². The maximum absolute atomic E-state index is 13.0. The molecule has 2 aliphatic heterocycles. The van der Waals surface area contributed by atoms with Crippen LogP contribution in [0.5, 0.6) is 0 Å². The molecule has 0 aromatic heterocycles. The van der Waals surface area contributed by atoms with Crippen LogP contribution >= 0.6 is 0 Å². The summed E-state index contributed by atoms with van der Waals surface area (Å²) in [4.78, 5) is 11.2. The average Bonchev–Trinajstić information content (AvgIpc) is 2.65. The highest BCUT2D eigenvalue weighted by Gasteiger charge is 2.46. The number of morpholine rings is 1. The number of halogens is 4. The molecule has 0 amide bonds. The molecule has 0 aliphatic carbocycles. The molecular weight excluding hydrogens is 432 g/mol. The molecule has 2 saturated heterocycles. The third-order valence-electron chi connectivity index (χ3n) is 5.09. The fourth-order valence-electron chi connectivity index (χ4n) is 3.61. The average molecular weight is 456 g/mol. The number of ether oxygens (including phenoxy) is 1. The van der Waals surface area contributed by atoms with Gasteiger partial charge in [0.25, 0.3) is 0 Å². The Hall–Kier alpha value is -1.76. The predicted molar refractivity (Wildman–Crippen MR) is 99.7 cm³/mol. The molecular formula is C18H24F4N2O5S. The van der Waals surface area contributed by atoms with Gasteiger partial charge < -0.3 is 9.84 Å². The smallest absolute Gasteiger partial charge is 0.475 e. The van der Waals surface area contributed by atoms with Crippen molar-refractivity contribution in [2.24, 2.45) is 0 Å². The predicted octanol–water partition coefficient (Wildman–Crippen LogP) is 2.09. The Morgan fingerprint density at radius 2 is 1.70 bits per heavy atom. The third kappa shape index (κ3) is 6.62. The summed E-state index contributed by atoms with van der Waals surface area (Å²) < 4.78 is 76.1. The quantitative estimate of drug-likeness (QED) is 0.701. The SMILES string of the molecule is CS(=O)(=O)N1CCOCC12CCN(Cc1ccc(F)cc1)CC2.O=C(O)C(F)(F)F. The molecule has 3 rings (SSSR count). The van der Waals surface area contributed by atoms with Crippen LogP contribution in [0.3, 0.4) is 0 Å². The minimum absolute atomic E-state index is 0.227.